The van der Waals surface area contributed by atoms with Crippen LogP contribution in [0.15, 0.2) is 40.9 Å². The molecule has 114 valence electrons. The van der Waals surface area contributed by atoms with Gasteiger partial charge in [0, 0.05) is 36.7 Å². The molecular weight excluding hydrogens is 359 g/mol. The Balaban J connectivity index is 0.00000180. The fourth-order valence-electron chi connectivity index (χ4n) is 2.50. The summed E-state index contributed by atoms with van der Waals surface area (Å²) < 4.78 is 1.15. The van der Waals surface area contributed by atoms with Crippen molar-refractivity contribution in [2.24, 2.45) is 0 Å². The van der Waals surface area contributed by atoms with Gasteiger partial charge < -0.3 is 5.32 Å². The second kappa shape index (κ2) is 9.80. The van der Waals surface area contributed by atoms with Crippen molar-refractivity contribution < 1.29 is 0 Å². The lowest BCUT2D eigenvalue weighted by atomic mass is 9.98. The second-order valence-electron chi connectivity index (χ2n) is 5.02. The van der Waals surface area contributed by atoms with Crippen LogP contribution in [0, 0.1) is 0 Å². The Labute approximate surface area is 143 Å². The SMILES string of the molecule is C=C(C)C[C@@H](c1cccc(Br)c1)N1CCNCC1.Cl.Cl. The minimum Gasteiger partial charge on any atom is -0.314 e. The van der Waals surface area contributed by atoms with Crippen molar-refractivity contribution in [1.29, 1.82) is 0 Å². The van der Waals surface area contributed by atoms with E-state index in [4.69, 9.17) is 0 Å². The highest BCUT2D eigenvalue weighted by atomic mass is 79.9. The molecule has 5 heteroatoms. The number of hydrogen-bond donors (Lipinski definition) is 1. The molecule has 1 fully saturated rings. The van der Waals surface area contributed by atoms with Gasteiger partial charge in [-0.25, -0.2) is 0 Å². The van der Waals surface area contributed by atoms with Crippen LogP contribution in [0.3, 0.4) is 0 Å². The van der Waals surface area contributed by atoms with Crippen LogP contribution in [0.25, 0.3) is 0 Å². The molecule has 1 saturated heterocycles. The fourth-order valence-corrected chi connectivity index (χ4v) is 2.91. The Kier molecular flexibility index (Phi) is 9.77. The molecule has 1 aliphatic heterocycles. The van der Waals surface area contributed by atoms with Crippen LogP contribution < -0.4 is 5.32 Å². The predicted octanol–water partition coefficient (Wildman–Crippen LogP) is 4.21. The zero-order valence-electron chi connectivity index (χ0n) is 11.8. The molecule has 2 rings (SSSR count). The summed E-state index contributed by atoms with van der Waals surface area (Å²) in [6.45, 7) is 10.6. The highest BCUT2D eigenvalue weighted by molar-refractivity contribution is 9.10. The molecule has 20 heavy (non-hydrogen) atoms. The first-order valence-electron chi connectivity index (χ1n) is 6.51. The molecule has 1 aromatic rings. The highest BCUT2D eigenvalue weighted by Gasteiger charge is 2.22. The van der Waals surface area contributed by atoms with Crippen LogP contribution in [0.1, 0.15) is 24.9 Å². The summed E-state index contributed by atoms with van der Waals surface area (Å²) in [6, 6.07) is 9.12. The monoisotopic (exact) mass is 380 g/mol. The summed E-state index contributed by atoms with van der Waals surface area (Å²) in [7, 11) is 0. The van der Waals surface area contributed by atoms with E-state index in [2.05, 4.69) is 63.9 Å². The summed E-state index contributed by atoms with van der Waals surface area (Å²) in [6.07, 6.45) is 1.04. The molecular formula is C15H23BrCl2N2. The van der Waals surface area contributed by atoms with Gasteiger partial charge in [0.1, 0.15) is 0 Å². The fraction of sp³-hybridized carbons (Fsp3) is 0.467. The maximum atomic E-state index is 4.08. The van der Waals surface area contributed by atoms with Crippen molar-refractivity contribution in [3.63, 3.8) is 0 Å². The van der Waals surface area contributed by atoms with Crippen LogP contribution in [0.5, 0.6) is 0 Å². The smallest absolute Gasteiger partial charge is 0.0386 e. The first-order valence-corrected chi connectivity index (χ1v) is 7.31. The van der Waals surface area contributed by atoms with Gasteiger partial charge >= 0.3 is 0 Å². The van der Waals surface area contributed by atoms with Gasteiger partial charge in [0.05, 0.1) is 0 Å². The lowest BCUT2D eigenvalue weighted by Gasteiger charge is -2.35. The zero-order valence-corrected chi connectivity index (χ0v) is 15.0. The number of benzene rings is 1. The summed E-state index contributed by atoms with van der Waals surface area (Å²) in [4.78, 5) is 2.56. The van der Waals surface area contributed by atoms with Crippen LogP contribution in [-0.4, -0.2) is 31.1 Å². The number of nitrogens with one attached hydrogen (secondary N) is 1. The Morgan fingerprint density at radius 3 is 2.55 bits per heavy atom. The van der Waals surface area contributed by atoms with Crippen molar-refractivity contribution in [3.8, 4) is 0 Å². The van der Waals surface area contributed by atoms with E-state index < -0.39 is 0 Å². The molecule has 0 spiro atoms. The van der Waals surface area contributed by atoms with E-state index in [9.17, 15) is 0 Å². The average molecular weight is 382 g/mol. The maximum absolute atomic E-state index is 4.08. The number of nitrogens with zero attached hydrogens (tertiary/aromatic N) is 1. The lowest BCUT2D eigenvalue weighted by Crippen LogP contribution is -2.45. The minimum atomic E-state index is 0. The lowest BCUT2D eigenvalue weighted by molar-refractivity contribution is 0.172. The van der Waals surface area contributed by atoms with Gasteiger partial charge in [0.25, 0.3) is 0 Å². The van der Waals surface area contributed by atoms with Gasteiger partial charge in [-0.2, -0.15) is 0 Å². The normalized spacial score (nSPS) is 16.7. The average Bonchev–Trinajstić information content (AvgIpc) is 2.37. The van der Waals surface area contributed by atoms with Crippen LogP contribution in [0.2, 0.25) is 0 Å². The van der Waals surface area contributed by atoms with Crippen molar-refractivity contribution >= 4 is 40.7 Å². The third kappa shape index (κ3) is 5.74. The highest BCUT2D eigenvalue weighted by Crippen LogP contribution is 2.29. The van der Waals surface area contributed by atoms with E-state index in [0.29, 0.717) is 6.04 Å². The van der Waals surface area contributed by atoms with Gasteiger partial charge in [-0.1, -0.05) is 33.6 Å². The van der Waals surface area contributed by atoms with Gasteiger partial charge in [-0.15, -0.1) is 31.4 Å². The van der Waals surface area contributed by atoms with E-state index in [1.165, 1.54) is 11.1 Å². The first-order chi connectivity index (χ1) is 8.66. The second-order valence-corrected chi connectivity index (χ2v) is 5.93. The number of rotatable bonds is 4. The molecule has 0 aliphatic carbocycles. The van der Waals surface area contributed by atoms with Gasteiger partial charge in [-0.05, 0) is 31.0 Å². The molecule has 0 saturated carbocycles. The number of hydrogen-bond acceptors (Lipinski definition) is 2. The minimum absolute atomic E-state index is 0. The van der Waals surface area contributed by atoms with Crippen molar-refractivity contribution in [1.82, 2.24) is 10.2 Å². The summed E-state index contributed by atoms with van der Waals surface area (Å²) in [5, 5.41) is 3.41. The van der Waals surface area contributed by atoms with Gasteiger partial charge in [-0.3, -0.25) is 4.90 Å². The number of halogens is 3. The van der Waals surface area contributed by atoms with E-state index in [-0.39, 0.29) is 24.8 Å². The molecule has 0 radical (unpaired) electrons. The van der Waals surface area contributed by atoms with Crippen LogP contribution in [-0.2, 0) is 0 Å². The van der Waals surface area contributed by atoms with E-state index in [1.807, 2.05) is 0 Å². The maximum Gasteiger partial charge on any atom is 0.0386 e. The predicted molar refractivity (Wildman–Crippen MR) is 95.3 cm³/mol. The van der Waals surface area contributed by atoms with Crippen LogP contribution >= 0.6 is 40.7 Å². The molecule has 0 bridgehead atoms. The summed E-state index contributed by atoms with van der Waals surface area (Å²) in [5.41, 5.74) is 2.63. The summed E-state index contributed by atoms with van der Waals surface area (Å²) in [5.74, 6) is 0. The molecule has 2 nitrogen and oxygen atoms in total. The third-order valence-corrected chi connectivity index (χ3v) is 3.86. The standard InChI is InChI=1S/C15H21BrN2.2ClH/c1-12(2)10-15(18-8-6-17-7-9-18)13-4-3-5-14(16)11-13;;/h3-5,11,15,17H,1,6-10H2,2H3;2*1H/t15-;;/m0../s1. The largest absolute Gasteiger partial charge is 0.314 e. The molecule has 0 aromatic heterocycles. The van der Waals surface area contributed by atoms with Crippen LogP contribution in [0.4, 0.5) is 0 Å². The Morgan fingerprint density at radius 2 is 2.00 bits per heavy atom. The van der Waals surface area contributed by atoms with Crippen molar-refractivity contribution in [2.45, 2.75) is 19.4 Å². The summed E-state index contributed by atoms with van der Waals surface area (Å²) >= 11 is 3.57. The Bertz CT molecular complexity index is 420. The molecule has 1 aromatic carbocycles. The zero-order chi connectivity index (χ0) is 13.0. The molecule has 1 N–H and O–H groups in total. The molecule has 1 aliphatic rings. The Hall–Kier alpha value is -0.0600. The molecule has 1 atom stereocenters. The third-order valence-electron chi connectivity index (χ3n) is 3.37. The topological polar surface area (TPSA) is 15.3 Å². The quantitative estimate of drug-likeness (QED) is 0.786. The van der Waals surface area contributed by atoms with E-state index in [1.54, 1.807) is 0 Å². The van der Waals surface area contributed by atoms with E-state index in [0.717, 1.165) is 37.1 Å². The van der Waals surface area contributed by atoms with Crippen molar-refractivity contribution in [3.05, 3.63) is 46.5 Å². The van der Waals surface area contributed by atoms with Gasteiger partial charge in [0.15, 0.2) is 0 Å². The molecule has 0 amide bonds. The van der Waals surface area contributed by atoms with Crippen molar-refractivity contribution in [2.75, 3.05) is 26.2 Å². The number of piperazine rings is 1. The van der Waals surface area contributed by atoms with Gasteiger partial charge in [0.2, 0.25) is 0 Å². The molecule has 0 unspecified atom stereocenters. The van der Waals surface area contributed by atoms with E-state index >= 15 is 0 Å². The first kappa shape index (κ1) is 19.9. The molecule has 1 heterocycles. The Morgan fingerprint density at radius 1 is 1.35 bits per heavy atom.